The molecule has 0 fully saturated rings. The van der Waals surface area contributed by atoms with Gasteiger partial charge in [-0.25, -0.2) is 0 Å². The Balaban J connectivity index is 1.43. The van der Waals surface area contributed by atoms with E-state index in [2.05, 4.69) is 0 Å². The van der Waals surface area contributed by atoms with Crippen LogP contribution in [-0.2, 0) is 6.54 Å². The second-order valence-corrected chi connectivity index (χ2v) is 8.34. The van der Waals surface area contributed by atoms with Crippen LogP contribution in [0.5, 0.6) is 0 Å². The largest absolute Gasteiger partial charge is 0.269 e. The molecular weight excluding hydrogens is 442 g/mol. The molecule has 0 radical (unpaired) electrons. The van der Waals surface area contributed by atoms with Crippen LogP contribution in [0.4, 0.5) is 0 Å². The molecule has 0 unspecified atom stereocenters. The molecule has 164 valence electrons. The average molecular weight is 460 g/mol. The lowest BCUT2D eigenvalue weighted by Gasteiger charge is -2.30. The third-order valence-corrected chi connectivity index (χ3v) is 6.01. The van der Waals surface area contributed by atoms with E-state index in [0.717, 1.165) is 15.4 Å². The van der Waals surface area contributed by atoms with Crippen LogP contribution in [0.25, 0.3) is 0 Å². The summed E-state index contributed by atoms with van der Waals surface area (Å²) in [5.41, 5.74) is 2.22. The molecule has 3 aromatic rings. The van der Waals surface area contributed by atoms with Crippen molar-refractivity contribution in [2.45, 2.75) is 6.54 Å². The minimum atomic E-state index is -0.404. The van der Waals surface area contributed by atoms with Gasteiger partial charge in [0.15, 0.2) is 0 Å². The van der Waals surface area contributed by atoms with Crippen LogP contribution < -0.4 is 0 Å². The first-order chi connectivity index (χ1) is 15.9. The highest BCUT2D eigenvalue weighted by Crippen LogP contribution is 2.26. The number of carbonyl (C=O) groups excluding carboxylic acids is 4. The minimum absolute atomic E-state index is 0.0810. The Kier molecular flexibility index (Phi) is 5.28. The first-order valence-corrected chi connectivity index (χ1v) is 10.7. The Morgan fingerprint density at radius 2 is 0.939 bits per heavy atom. The second-order valence-electron chi connectivity index (χ2n) is 7.91. The standard InChI is InChI=1S/C25H18ClN3O4/c26-17-11-9-16(10-12-17)13-27(14-28-22(30)18-5-1-2-6-19(18)23(28)31)15-29-24(32)20-7-3-4-8-21(20)25(29)33/h1-12H,13-15H2. The van der Waals surface area contributed by atoms with Gasteiger partial charge in [-0.1, -0.05) is 48.0 Å². The summed E-state index contributed by atoms with van der Waals surface area (Å²) < 4.78 is 0. The van der Waals surface area contributed by atoms with E-state index < -0.39 is 23.6 Å². The molecule has 4 amide bonds. The normalized spacial score (nSPS) is 15.0. The molecule has 5 rings (SSSR count). The van der Waals surface area contributed by atoms with Crippen molar-refractivity contribution >= 4 is 35.2 Å². The zero-order valence-corrected chi connectivity index (χ0v) is 18.2. The quantitative estimate of drug-likeness (QED) is 0.526. The molecule has 0 bridgehead atoms. The highest BCUT2D eigenvalue weighted by atomic mass is 35.5. The maximum Gasteiger partial charge on any atom is 0.262 e. The van der Waals surface area contributed by atoms with Crippen LogP contribution in [0, 0.1) is 0 Å². The Labute approximate surface area is 194 Å². The van der Waals surface area contributed by atoms with Crippen LogP contribution >= 0.6 is 11.6 Å². The van der Waals surface area contributed by atoms with Gasteiger partial charge in [0.1, 0.15) is 0 Å². The highest BCUT2D eigenvalue weighted by molar-refractivity contribution is 6.30. The summed E-state index contributed by atoms with van der Waals surface area (Å²) in [5.74, 6) is -1.61. The van der Waals surface area contributed by atoms with E-state index in [1.165, 1.54) is 0 Å². The number of rotatable bonds is 6. The van der Waals surface area contributed by atoms with Gasteiger partial charge < -0.3 is 0 Å². The van der Waals surface area contributed by atoms with Gasteiger partial charge in [-0.2, -0.15) is 0 Å². The molecular formula is C25H18ClN3O4. The minimum Gasteiger partial charge on any atom is -0.269 e. The van der Waals surface area contributed by atoms with E-state index >= 15 is 0 Å². The molecule has 0 saturated carbocycles. The van der Waals surface area contributed by atoms with Crippen molar-refractivity contribution in [3.05, 3.63) is 106 Å². The van der Waals surface area contributed by atoms with Gasteiger partial charge in [0, 0.05) is 11.6 Å². The van der Waals surface area contributed by atoms with Gasteiger partial charge in [0.2, 0.25) is 0 Å². The van der Waals surface area contributed by atoms with Crippen molar-refractivity contribution < 1.29 is 19.2 Å². The van der Waals surface area contributed by atoms with Crippen molar-refractivity contribution in [3.8, 4) is 0 Å². The zero-order valence-electron chi connectivity index (χ0n) is 17.4. The molecule has 0 saturated heterocycles. The Morgan fingerprint density at radius 1 is 0.576 bits per heavy atom. The van der Waals surface area contributed by atoms with Gasteiger partial charge in [0.25, 0.3) is 23.6 Å². The number of benzene rings is 3. The smallest absolute Gasteiger partial charge is 0.262 e. The highest BCUT2D eigenvalue weighted by Gasteiger charge is 2.39. The van der Waals surface area contributed by atoms with Crippen molar-refractivity contribution in [1.82, 2.24) is 14.7 Å². The number of amides is 4. The molecule has 3 aromatic carbocycles. The van der Waals surface area contributed by atoms with E-state index in [0.29, 0.717) is 27.3 Å². The van der Waals surface area contributed by atoms with Crippen molar-refractivity contribution in [2.24, 2.45) is 0 Å². The number of halogens is 1. The molecule has 0 aliphatic carbocycles. The first kappa shape index (κ1) is 21.1. The van der Waals surface area contributed by atoms with Crippen molar-refractivity contribution in [1.29, 1.82) is 0 Å². The number of hydrogen-bond acceptors (Lipinski definition) is 5. The Hall–Kier alpha value is -3.81. The summed E-state index contributed by atoms with van der Waals surface area (Å²) in [6, 6.07) is 20.4. The van der Waals surface area contributed by atoms with Crippen LogP contribution in [0.2, 0.25) is 5.02 Å². The summed E-state index contributed by atoms with van der Waals surface area (Å²) in [5, 5.41) is 0.575. The first-order valence-electron chi connectivity index (χ1n) is 10.3. The van der Waals surface area contributed by atoms with Crippen LogP contribution in [0.3, 0.4) is 0 Å². The second kappa shape index (κ2) is 8.27. The van der Waals surface area contributed by atoms with Gasteiger partial charge in [-0.3, -0.25) is 33.9 Å². The van der Waals surface area contributed by atoms with Crippen LogP contribution in [0.15, 0.2) is 72.8 Å². The lowest BCUT2D eigenvalue weighted by molar-refractivity contribution is 0.0380. The monoisotopic (exact) mass is 459 g/mol. The SMILES string of the molecule is O=C1c2ccccc2C(=O)N1CN(Cc1ccc(Cl)cc1)CN1C(=O)c2ccccc2C1=O. The number of nitrogens with zero attached hydrogens (tertiary/aromatic N) is 3. The third kappa shape index (κ3) is 3.71. The summed E-state index contributed by atoms with van der Waals surface area (Å²) in [4.78, 5) is 55.6. The third-order valence-electron chi connectivity index (χ3n) is 5.76. The molecule has 33 heavy (non-hydrogen) atoms. The summed E-state index contributed by atoms with van der Waals surface area (Å²) in [6.45, 7) is 0.128. The Bertz CT molecular complexity index is 1160. The maximum absolute atomic E-state index is 12.9. The lowest BCUT2D eigenvalue weighted by atomic mass is 10.1. The summed E-state index contributed by atoms with van der Waals surface area (Å²) in [7, 11) is 0. The fourth-order valence-corrected chi connectivity index (χ4v) is 4.25. The van der Waals surface area contributed by atoms with Crippen LogP contribution in [0.1, 0.15) is 47.0 Å². The van der Waals surface area contributed by atoms with Crippen LogP contribution in [-0.4, -0.2) is 51.7 Å². The van der Waals surface area contributed by atoms with E-state index in [4.69, 9.17) is 11.6 Å². The molecule has 0 aromatic heterocycles. The van der Waals surface area contributed by atoms with Gasteiger partial charge in [-0.05, 0) is 42.0 Å². The lowest BCUT2D eigenvalue weighted by Crippen LogP contribution is -2.47. The number of fused-ring (bicyclic) bond motifs is 2. The summed E-state index contributed by atoms with van der Waals surface area (Å²) in [6.07, 6.45) is 0. The fourth-order valence-electron chi connectivity index (χ4n) is 4.13. The molecule has 8 heteroatoms. The fraction of sp³-hybridized carbons (Fsp3) is 0.120. The van der Waals surface area contributed by atoms with Crippen molar-refractivity contribution in [2.75, 3.05) is 13.3 Å². The number of imide groups is 2. The van der Waals surface area contributed by atoms with Gasteiger partial charge in [0.05, 0.1) is 35.6 Å². The summed E-state index contributed by atoms with van der Waals surface area (Å²) >= 11 is 5.99. The Morgan fingerprint density at radius 3 is 1.30 bits per heavy atom. The van der Waals surface area contributed by atoms with E-state index in [1.54, 1.807) is 65.6 Å². The van der Waals surface area contributed by atoms with Gasteiger partial charge in [-0.15, -0.1) is 0 Å². The molecule has 0 spiro atoms. The average Bonchev–Trinajstić information content (AvgIpc) is 3.21. The molecule has 2 heterocycles. The van der Waals surface area contributed by atoms with E-state index in [-0.39, 0.29) is 19.9 Å². The molecule has 7 nitrogen and oxygen atoms in total. The van der Waals surface area contributed by atoms with E-state index in [1.807, 2.05) is 12.1 Å². The predicted octanol–water partition coefficient (Wildman–Crippen LogP) is 3.65. The maximum atomic E-state index is 12.9. The van der Waals surface area contributed by atoms with Crippen molar-refractivity contribution in [3.63, 3.8) is 0 Å². The predicted molar refractivity (Wildman–Crippen MR) is 121 cm³/mol. The number of hydrogen-bond donors (Lipinski definition) is 0. The number of carbonyl (C=O) groups is 4. The molecule has 0 atom stereocenters. The molecule has 2 aliphatic heterocycles. The zero-order chi connectivity index (χ0) is 23.1. The van der Waals surface area contributed by atoms with E-state index in [9.17, 15) is 19.2 Å². The van der Waals surface area contributed by atoms with Gasteiger partial charge >= 0.3 is 0 Å². The topological polar surface area (TPSA) is 78.0 Å². The molecule has 2 aliphatic rings. The molecule has 0 N–H and O–H groups in total.